The van der Waals surface area contributed by atoms with Crippen molar-refractivity contribution in [2.24, 2.45) is 0 Å². The Labute approximate surface area is 95.1 Å². The third kappa shape index (κ3) is 2.23. The van der Waals surface area contributed by atoms with Crippen molar-refractivity contribution in [1.82, 2.24) is 0 Å². The van der Waals surface area contributed by atoms with Crippen LogP contribution in [0.4, 0.5) is 0 Å². The predicted octanol–water partition coefficient (Wildman–Crippen LogP) is 0.577. The van der Waals surface area contributed by atoms with Gasteiger partial charge in [-0.2, -0.15) is 8.42 Å². The molecule has 0 radical (unpaired) electrons. The van der Waals surface area contributed by atoms with E-state index in [1.165, 1.54) is 0 Å². The zero-order valence-electron chi connectivity index (χ0n) is 9.72. The summed E-state index contributed by atoms with van der Waals surface area (Å²) in [6, 6.07) is 0. The molecule has 2 saturated heterocycles. The predicted molar refractivity (Wildman–Crippen MR) is 53.9 cm³/mol. The molecule has 0 aromatic heterocycles. The van der Waals surface area contributed by atoms with Gasteiger partial charge in [0.15, 0.2) is 5.79 Å². The first-order valence-corrected chi connectivity index (χ1v) is 6.40. The molecule has 7 heteroatoms. The van der Waals surface area contributed by atoms with Gasteiger partial charge in [-0.1, -0.05) is 0 Å². The molecule has 2 atom stereocenters. The van der Waals surface area contributed by atoms with E-state index in [0.29, 0.717) is 6.61 Å². The lowest BCUT2D eigenvalue weighted by atomic mass is 9.97. The molecule has 2 heterocycles. The Bertz CT molecular complexity index is 385. The molecule has 94 valence electrons. The minimum Gasteiger partial charge on any atom is -0.348 e. The molecule has 0 bridgehead atoms. The van der Waals surface area contributed by atoms with Crippen LogP contribution in [0.3, 0.4) is 0 Å². The molecule has 0 saturated carbocycles. The maximum absolute atomic E-state index is 11.2. The van der Waals surface area contributed by atoms with E-state index in [-0.39, 0.29) is 0 Å². The van der Waals surface area contributed by atoms with Crippen molar-refractivity contribution in [3.8, 4) is 0 Å². The topological polar surface area (TPSA) is 71.1 Å². The third-order valence-electron chi connectivity index (χ3n) is 2.59. The molecule has 2 aliphatic rings. The number of rotatable bonds is 1. The first-order valence-electron chi connectivity index (χ1n) is 5.07. The summed E-state index contributed by atoms with van der Waals surface area (Å²) in [6.45, 7) is 7.13. The number of ether oxygens (including phenoxy) is 2. The second kappa shape index (κ2) is 3.39. The van der Waals surface area contributed by atoms with Crippen molar-refractivity contribution in [1.29, 1.82) is 0 Å². The number of hydrogen-bond donors (Lipinski definition) is 0. The maximum Gasteiger partial charge on any atom is 0.400 e. The van der Waals surface area contributed by atoms with E-state index in [1.54, 1.807) is 27.7 Å². The monoisotopic (exact) mass is 252 g/mol. The van der Waals surface area contributed by atoms with Crippen molar-refractivity contribution in [2.75, 3.05) is 6.61 Å². The molecule has 0 aromatic carbocycles. The molecule has 0 aromatic rings. The fraction of sp³-hybridized carbons (Fsp3) is 1.00. The van der Waals surface area contributed by atoms with Gasteiger partial charge in [0.1, 0.15) is 17.8 Å². The maximum atomic E-state index is 11.2. The standard InChI is InChI=1S/C9H16O6S/c1-8(2)7(14-16(10,11)15-8)6-5-12-9(3,4)13-6/h6-7H,5H2,1-4H3/t6-,7-/m1/s1. The van der Waals surface area contributed by atoms with E-state index in [2.05, 4.69) is 0 Å². The van der Waals surface area contributed by atoms with Crippen LogP contribution in [-0.4, -0.2) is 38.6 Å². The summed E-state index contributed by atoms with van der Waals surface area (Å²) >= 11 is 0. The highest BCUT2D eigenvalue weighted by Gasteiger charge is 2.54. The largest absolute Gasteiger partial charge is 0.400 e. The first-order chi connectivity index (χ1) is 7.11. The highest BCUT2D eigenvalue weighted by Crippen LogP contribution is 2.37. The van der Waals surface area contributed by atoms with E-state index < -0.39 is 34.0 Å². The summed E-state index contributed by atoms with van der Waals surface area (Å²) in [5, 5.41) is 0. The fourth-order valence-corrected chi connectivity index (χ4v) is 3.22. The van der Waals surface area contributed by atoms with Gasteiger partial charge in [0.25, 0.3) is 0 Å². The van der Waals surface area contributed by atoms with Crippen LogP contribution in [-0.2, 0) is 28.2 Å². The van der Waals surface area contributed by atoms with Crippen LogP contribution < -0.4 is 0 Å². The summed E-state index contributed by atoms with van der Waals surface area (Å²) in [5.74, 6) is -0.712. The molecule has 2 fully saturated rings. The van der Waals surface area contributed by atoms with Gasteiger partial charge in [-0.05, 0) is 27.7 Å². The van der Waals surface area contributed by atoms with Crippen LogP contribution in [0.15, 0.2) is 0 Å². The zero-order valence-corrected chi connectivity index (χ0v) is 10.5. The van der Waals surface area contributed by atoms with Crippen LogP contribution in [0, 0.1) is 0 Å². The van der Waals surface area contributed by atoms with E-state index in [0.717, 1.165) is 0 Å². The van der Waals surface area contributed by atoms with Gasteiger partial charge >= 0.3 is 10.4 Å². The lowest BCUT2D eigenvalue weighted by Crippen LogP contribution is -2.44. The van der Waals surface area contributed by atoms with Crippen LogP contribution >= 0.6 is 0 Å². The minimum absolute atomic E-state index is 0.292. The average Bonchev–Trinajstić information content (AvgIpc) is 2.48. The van der Waals surface area contributed by atoms with Crippen LogP contribution in [0.25, 0.3) is 0 Å². The first kappa shape index (κ1) is 12.3. The van der Waals surface area contributed by atoms with Gasteiger partial charge in [0.2, 0.25) is 0 Å². The molecule has 2 rings (SSSR count). The Kier molecular flexibility index (Phi) is 2.60. The van der Waals surface area contributed by atoms with Crippen molar-refractivity contribution in [3.63, 3.8) is 0 Å². The minimum atomic E-state index is -3.91. The Morgan fingerprint density at radius 3 is 2.19 bits per heavy atom. The second-order valence-electron chi connectivity index (χ2n) is 4.98. The molecule has 0 unspecified atom stereocenters. The van der Waals surface area contributed by atoms with Gasteiger partial charge in [-0.25, -0.2) is 8.37 Å². The molecule has 0 aliphatic carbocycles. The molecular formula is C9H16O6S. The van der Waals surface area contributed by atoms with Gasteiger partial charge in [-0.15, -0.1) is 0 Å². The fourth-order valence-electron chi connectivity index (χ4n) is 1.95. The van der Waals surface area contributed by atoms with Gasteiger partial charge in [0, 0.05) is 0 Å². The summed E-state index contributed by atoms with van der Waals surface area (Å²) < 4.78 is 43.1. The van der Waals surface area contributed by atoms with Crippen molar-refractivity contribution < 1.29 is 26.3 Å². The highest BCUT2D eigenvalue weighted by molar-refractivity contribution is 7.82. The number of hydrogen-bond acceptors (Lipinski definition) is 6. The molecule has 16 heavy (non-hydrogen) atoms. The third-order valence-corrected chi connectivity index (χ3v) is 3.67. The van der Waals surface area contributed by atoms with E-state index in [1.807, 2.05) is 0 Å². The molecule has 0 spiro atoms. The summed E-state index contributed by atoms with van der Waals surface area (Å²) in [7, 11) is -3.91. The summed E-state index contributed by atoms with van der Waals surface area (Å²) in [5.41, 5.74) is -0.937. The Morgan fingerprint density at radius 2 is 1.81 bits per heavy atom. The molecular weight excluding hydrogens is 236 g/mol. The second-order valence-corrected chi connectivity index (χ2v) is 6.15. The van der Waals surface area contributed by atoms with Gasteiger partial charge in [0.05, 0.1) is 6.61 Å². The lowest BCUT2D eigenvalue weighted by molar-refractivity contribution is -0.154. The molecule has 0 amide bonds. The SMILES string of the molecule is CC1(C)OC[C@H]([C@H]2OS(=O)(=O)OC2(C)C)O1. The summed E-state index contributed by atoms with van der Waals surface area (Å²) in [6.07, 6.45) is -1.12. The zero-order chi connectivity index (χ0) is 12.2. The van der Waals surface area contributed by atoms with Crippen molar-refractivity contribution in [2.45, 2.75) is 51.3 Å². The van der Waals surface area contributed by atoms with Crippen LogP contribution in [0.5, 0.6) is 0 Å². The van der Waals surface area contributed by atoms with E-state index in [4.69, 9.17) is 17.8 Å². The Hall–Kier alpha value is -0.210. The molecule has 0 N–H and O–H groups in total. The normalized spacial score (nSPS) is 40.0. The van der Waals surface area contributed by atoms with E-state index >= 15 is 0 Å². The van der Waals surface area contributed by atoms with E-state index in [9.17, 15) is 8.42 Å². The summed E-state index contributed by atoms with van der Waals surface area (Å²) in [4.78, 5) is 0. The highest BCUT2D eigenvalue weighted by atomic mass is 32.3. The van der Waals surface area contributed by atoms with Gasteiger partial charge in [-0.3, -0.25) is 0 Å². The van der Waals surface area contributed by atoms with Crippen LogP contribution in [0.1, 0.15) is 27.7 Å². The van der Waals surface area contributed by atoms with Crippen LogP contribution in [0.2, 0.25) is 0 Å². The Balaban J connectivity index is 2.17. The smallest absolute Gasteiger partial charge is 0.348 e. The van der Waals surface area contributed by atoms with Crippen molar-refractivity contribution in [3.05, 3.63) is 0 Å². The lowest BCUT2D eigenvalue weighted by Gasteiger charge is -2.26. The Morgan fingerprint density at radius 1 is 1.19 bits per heavy atom. The molecule has 6 nitrogen and oxygen atoms in total. The van der Waals surface area contributed by atoms with Crippen molar-refractivity contribution >= 4 is 10.4 Å². The molecule has 2 aliphatic heterocycles. The average molecular weight is 252 g/mol. The quantitative estimate of drug-likeness (QED) is 0.679. The van der Waals surface area contributed by atoms with Gasteiger partial charge < -0.3 is 9.47 Å².